The number of methoxy groups -OCH3 is 1. The van der Waals surface area contributed by atoms with Crippen LogP contribution in [0.3, 0.4) is 0 Å². The molecule has 3 atom stereocenters. The number of rotatable bonds is 3. The molecule has 226 valence electrons. The van der Waals surface area contributed by atoms with Crippen molar-refractivity contribution in [2.24, 2.45) is 4.99 Å². The van der Waals surface area contributed by atoms with Crippen molar-refractivity contribution in [3.63, 3.8) is 0 Å². The number of urea groups is 1. The molecule has 0 radical (unpaired) electrons. The number of nitrogens with one attached hydrogen (secondary N) is 1. The third-order valence-corrected chi connectivity index (χ3v) is 9.99. The lowest BCUT2D eigenvalue weighted by atomic mass is 9.78. The van der Waals surface area contributed by atoms with E-state index >= 15 is 4.39 Å². The van der Waals surface area contributed by atoms with Gasteiger partial charge in [-0.25, -0.2) is 23.6 Å². The molecule has 16 heteroatoms. The van der Waals surface area contributed by atoms with Gasteiger partial charge in [-0.15, -0.1) is 11.3 Å². The number of amides is 2. The number of carbonyl (C=O) groups is 1. The number of fused-ring (bicyclic) bond motifs is 2. The molecule has 0 saturated carbocycles. The molecular weight excluding hydrogens is 635 g/mol. The summed E-state index contributed by atoms with van der Waals surface area (Å²) in [5.41, 5.74) is 7.74. The maximum absolute atomic E-state index is 16.6. The van der Waals surface area contributed by atoms with Gasteiger partial charge in [-0.05, 0) is 37.5 Å². The van der Waals surface area contributed by atoms with E-state index in [2.05, 4.69) is 20.4 Å². The number of aromatic nitrogens is 2. The molecule has 2 aromatic carbocycles. The van der Waals surface area contributed by atoms with Crippen LogP contribution in [0.5, 0.6) is 6.01 Å². The van der Waals surface area contributed by atoms with Gasteiger partial charge in [-0.2, -0.15) is 20.7 Å². The average molecular weight is 659 g/mol. The molecule has 2 aromatic heterocycles. The fraction of sp³-hybridized carbons (Fsp3) is 0.321. The Labute approximate surface area is 263 Å². The van der Waals surface area contributed by atoms with Crippen LogP contribution in [0.2, 0.25) is 5.02 Å². The minimum atomic E-state index is -0.783. The van der Waals surface area contributed by atoms with Crippen molar-refractivity contribution in [1.29, 1.82) is 5.26 Å². The first-order chi connectivity index (χ1) is 21.1. The number of nitrogen functional groups attached to an aromatic ring is 1. The SMILES string of the molecule is COc1nc(N2CC[C@@]3(CC(C)N3C(=O)N3C=NC(Cl)N3)C2)c2cc(Cl)c(-c3ccc(F)c4sc(N)c(C#N)c34)c(F)c2n1. The summed E-state index contributed by atoms with van der Waals surface area (Å²) in [6.07, 6.45) is 2.77. The van der Waals surface area contributed by atoms with E-state index in [0.29, 0.717) is 30.7 Å². The first kappa shape index (κ1) is 28.7. The summed E-state index contributed by atoms with van der Waals surface area (Å²) >= 11 is 13.7. The van der Waals surface area contributed by atoms with Crippen LogP contribution in [-0.2, 0) is 0 Å². The minimum absolute atomic E-state index is 0.0181. The number of hydrogen-bond acceptors (Lipinski definition) is 10. The number of thiophene rings is 1. The van der Waals surface area contributed by atoms with Crippen molar-refractivity contribution >= 4 is 78.7 Å². The van der Waals surface area contributed by atoms with Crippen LogP contribution in [0.1, 0.15) is 25.3 Å². The van der Waals surface area contributed by atoms with Crippen LogP contribution < -0.4 is 20.8 Å². The summed E-state index contributed by atoms with van der Waals surface area (Å²) in [5.74, 6) is -0.970. The van der Waals surface area contributed by atoms with E-state index in [4.69, 9.17) is 33.7 Å². The van der Waals surface area contributed by atoms with Gasteiger partial charge in [0.1, 0.15) is 34.6 Å². The summed E-state index contributed by atoms with van der Waals surface area (Å²) in [6, 6.07) is 5.77. The second kappa shape index (κ2) is 10.3. The predicted molar refractivity (Wildman–Crippen MR) is 165 cm³/mol. The van der Waals surface area contributed by atoms with Crippen LogP contribution in [0.15, 0.2) is 23.2 Å². The van der Waals surface area contributed by atoms with Crippen molar-refractivity contribution in [3.05, 3.63) is 40.4 Å². The van der Waals surface area contributed by atoms with E-state index in [1.54, 1.807) is 6.07 Å². The lowest BCUT2D eigenvalue weighted by Crippen LogP contribution is -2.70. The lowest BCUT2D eigenvalue weighted by molar-refractivity contribution is -0.0204. The monoisotopic (exact) mass is 657 g/mol. The maximum Gasteiger partial charge on any atom is 0.340 e. The molecule has 7 rings (SSSR count). The molecular formula is C28H23Cl2F2N9O2S. The van der Waals surface area contributed by atoms with Crippen LogP contribution in [0.4, 0.5) is 24.4 Å². The van der Waals surface area contributed by atoms with E-state index in [0.717, 1.165) is 17.8 Å². The smallest absolute Gasteiger partial charge is 0.340 e. The number of aliphatic imine (C=N–C) groups is 1. The second-order valence-corrected chi connectivity index (χ2v) is 12.8. The Morgan fingerprint density at radius 3 is 2.82 bits per heavy atom. The number of hydrazine groups is 1. The third kappa shape index (κ3) is 4.14. The molecule has 2 unspecified atom stereocenters. The maximum atomic E-state index is 16.6. The highest BCUT2D eigenvalue weighted by molar-refractivity contribution is 7.23. The number of ether oxygens (including phenoxy) is 1. The van der Waals surface area contributed by atoms with Crippen molar-refractivity contribution < 1.29 is 18.3 Å². The quantitative estimate of drug-likeness (QED) is 0.220. The van der Waals surface area contributed by atoms with E-state index in [-0.39, 0.29) is 60.4 Å². The molecule has 0 aliphatic carbocycles. The summed E-state index contributed by atoms with van der Waals surface area (Å²) in [4.78, 5) is 30.0. The van der Waals surface area contributed by atoms with Crippen LogP contribution in [-0.4, -0.2) is 69.7 Å². The molecule has 1 spiro atoms. The molecule has 11 nitrogen and oxygen atoms in total. The van der Waals surface area contributed by atoms with Gasteiger partial charge < -0.3 is 20.3 Å². The van der Waals surface area contributed by atoms with Gasteiger partial charge in [0, 0.05) is 35.5 Å². The summed E-state index contributed by atoms with van der Waals surface area (Å²) in [5, 5.41) is 11.7. The highest BCUT2D eigenvalue weighted by Crippen LogP contribution is 2.48. The van der Waals surface area contributed by atoms with E-state index in [1.165, 1.54) is 30.6 Å². The fourth-order valence-electron chi connectivity index (χ4n) is 6.66. The molecule has 0 bridgehead atoms. The average Bonchev–Trinajstić information content (AvgIpc) is 3.71. The van der Waals surface area contributed by atoms with Crippen LogP contribution >= 0.6 is 34.5 Å². The zero-order valence-electron chi connectivity index (χ0n) is 23.2. The van der Waals surface area contributed by atoms with E-state index in [9.17, 15) is 14.4 Å². The van der Waals surface area contributed by atoms with Crippen molar-refractivity contribution in [1.82, 2.24) is 25.3 Å². The number of nitriles is 1. The Hall–Kier alpha value is -4.03. The number of carbonyl (C=O) groups excluding carboxylic acids is 1. The number of anilines is 2. The molecule has 5 heterocycles. The number of nitrogens with two attached hydrogens (primary N) is 1. The van der Waals surface area contributed by atoms with Crippen LogP contribution in [0.25, 0.3) is 32.1 Å². The zero-order chi connectivity index (χ0) is 31.1. The van der Waals surface area contributed by atoms with Gasteiger partial charge in [0.05, 0.1) is 27.9 Å². The summed E-state index contributed by atoms with van der Waals surface area (Å²) in [7, 11) is 1.38. The second-order valence-electron chi connectivity index (χ2n) is 10.9. The van der Waals surface area contributed by atoms with Gasteiger partial charge >= 0.3 is 12.0 Å². The highest BCUT2D eigenvalue weighted by Gasteiger charge is 2.57. The van der Waals surface area contributed by atoms with Crippen molar-refractivity contribution in [2.75, 3.05) is 30.8 Å². The van der Waals surface area contributed by atoms with Gasteiger partial charge in [-0.1, -0.05) is 29.3 Å². The van der Waals surface area contributed by atoms with Gasteiger partial charge in [0.25, 0.3) is 0 Å². The Morgan fingerprint density at radius 1 is 1.34 bits per heavy atom. The van der Waals surface area contributed by atoms with E-state index in [1.807, 2.05) is 22.8 Å². The molecule has 44 heavy (non-hydrogen) atoms. The Morgan fingerprint density at radius 2 is 2.14 bits per heavy atom. The molecule has 2 amide bonds. The molecule has 2 fully saturated rings. The molecule has 2 saturated heterocycles. The van der Waals surface area contributed by atoms with Crippen molar-refractivity contribution in [3.8, 4) is 23.2 Å². The number of benzene rings is 2. The summed E-state index contributed by atoms with van der Waals surface area (Å²) < 4.78 is 36.8. The summed E-state index contributed by atoms with van der Waals surface area (Å²) in [6.45, 7) is 2.92. The van der Waals surface area contributed by atoms with Gasteiger partial charge in [-0.3, -0.25) is 0 Å². The number of hydrogen-bond donors (Lipinski definition) is 2. The fourth-order valence-corrected chi connectivity index (χ4v) is 8.06. The zero-order valence-corrected chi connectivity index (χ0v) is 25.6. The Bertz CT molecular complexity index is 1970. The largest absolute Gasteiger partial charge is 0.467 e. The normalized spacial score (nSPS) is 22.8. The molecule has 3 aliphatic rings. The number of alkyl halides is 1. The molecule has 4 aromatic rings. The first-order valence-electron chi connectivity index (χ1n) is 13.5. The lowest BCUT2D eigenvalue weighted by Gasteiger charge is -2.56. The van der Waals surface area contributed by atoms with Crippen LogP contribution in [0, 0.1) is 23.0 Å². The predicted octanol–water partition coefficient (Wildman–Crippen LogP) is 5.44. The molecule has 3 N–H and O–H groups in total. The van der Waals surface area contributed by atoms with Crippen molar-refractivity contribution in [2.45, 2.75) is 37.0 Å². The topological polar surface area (TPSA) is 136 Å². The van der Waals surface area contributed by atoms with Gasteiger partial charge in [0.15, 0.2) is 11.4 Å². The number of halogens is 4. The Kier molecular flexibility index (Phi) is 6.70. The Balaban J connectivity index is 1.32. The first-order valence-corrected chi connectivity index (χ1v) is 15.2. The molecule has 3 aliphatic heterocycles. The highest BCUT2D eigenvalue weighted by atomic mass is 35.5. The van der Waals surface area contributed by atoms with E-state index < -0.39 is 22.8 Å². The minimum Gasteiger partial charge on any atom is -0.467 e. The third-order valence-electron chi connectivity index (χ3n) is 8.45. The van der Waals surface area contributed by atoms with Gasteiger partial charge in [0.2, 0.25) is 0 Å². The number of likely N-dealkylation sites (tertiary alicyclic amines) is 1. The standard InChI is InChI=1S/C28H23Cl2F2N9O2S/c1-12-8-28(41(12)27(42)40-11-35-25(30)38-40)5-6-39(10-28)24-14-7-16(29)19(20(32)21(14)36-26(37-24)43-2)13-3-4-17(31)22-18(13)15(9-33)23(34)44-22/h3-4,7,11-12,25,38H,5-6,8,10,34H2,1-2H3/t12?,25?,28-/m1/s1. The number of nitrogens with zero attached hydrogens (tertiary/aromatic N) is 7.